The van der Waals surface area contributed by atoms with E-state index in [9.17, 15) is 37.1 Å². The molecule has 0 heterocycles. The molecule has 0 bridgehead atoms. The third-order valence-electron chi connectivity index (χ3n) is 3.30. The normalized spacial score (nSPS) is 11.9. The van der Waals surface area contributed by atoms with Crippen LogP contribution in [-0.2, 0) is 19.7 Å². The van der Waals surface area contributed by atoms with Gasteiger partial charge in [-0.1, -0.05) is 0 Å². The number of anilines is 1. The molecule has 0 radical (unpaired) electrons. The van der Waals surface area contributed by atoms with Crippen molar-refractivity contribution in [1.29, 1.82) is 0 Å². The van der Waals surface area contributed by atoms with Gasteiger partial charge in [0, 0.05) is 6.54 Å². The second kappa shape index (κ2) is 9.03. The Bertz CT molecular complexity index is 927. The van der Waals surface area contributed by atoms with Crippen LogP contribution in [0.5, 0.6) is 0 Å². The van der Waals surface area contributed by atoms with Crippen LogP contribution >= 0.6 is 0 Å². The van der Waals surface area contributed by atoms with Gasteiger partial charge in [-0.2, -0.15) is 0 Å². The molecule has 0 aliphatic carbocycles. The van der Waals surface area contributed by atoms with Crippen LogP contribution in [0.15, 0.2) is 17.0 Å². The van der Waals surface area contributed by atoms with Crippen LogP contribution in [0.3, 0.4) is 0 Å². The first kappa shape index (κ1) is 22.7. The summed E-state index contributed by atoms with van der Waals surface area (Å²) in [5, 5.41) is 42.1. The van der Waals surface area contributed by atoms with Crippen LogP contribution in [0.1, 0.15) is 0 Å². The number of aliphatic hydroxyl groups excluding tert-OH is 2. The van der Waals surface area contributed by atoms with E-state index in [0.29, 0.717) is 12.1 Å². The molecular formula is C12H17N3O10S2. The van der Waals surface area contributed by atoms with Gasteiger partial charge in [0.15, 0.2) is 19.7 Å². The number of nitro benzene ring substituents is 2. The molecule has 15 heteroatoms. The Morgan fingerprint density at radius 3 is 1.93 bits per heavy atom. The molecule has 0 spiro atoms. The summed E-state index contributed by atoms with van der Waals surface area (Å²) in [4.78, 5) is 19.3. The highest BCUT2D eigenvalue weighted by Gasteiger charge is 2.31. The number of rotatable bonds is 11. The van der Waals surface area contributed by atoms with Crippen molar-refractivity contribution in [2.75, 3.05) is 42.3 Å². The highest BCUT2D eigenvalue weighted by atomic mass is 32.2. The van der Waals surface area contributed by atoms with E-state index in [4.69, 9.17) is 10.2 Å². The summed E-state index contributed by atoms with van der Waals surface area (Å²) in [7, 11) is -7.96. The molecule has 1 aromatic rings. The zero-order valence-electron chi connectivity index (χ0n) is 13.8. The van der Waals surface area contributed by atoms with Gasteiger partial charge < -0.3 is 15.5 Å². The van der Waals surface area contributed by atoms with Crippen molar-refractivity contribution >= 4 is 36.7 Å². The van der Waals surface area contributed by atoms with Crippen LogP contribution in [0.2, 0.25) is 0 Å². The minimum Gasteiger partial charge on any atom is -0.395 e. The van der Waals surface area contributed by atoms with Crippen LogP contribution in [0.25, 0.3) is 0 Å². The molecule has 0 amide bonds. The second-order valence-electron chi connectivity index (χ2n) is 5.20. The fraction of sp³-hybridized carbons (Fsp3) is 0.500. The van der Waals surface area contributed by atoms with Gasteiger partial charge in [-0.05, 0) is 6.07 Å². The average Bonchev–Trinajstić information content (AvgIpc) is 2.53. The summed E-state index contributed by atoms with van der Waals surface area (Å²) < 4.78 is 47.3. The summed E-state index contributed by atoms with van der Waals surface area (Å²) in [6.45, 7) is -1.79. The van der Waals surface area contributed by atoms with Crippen molar-refractivity contribution in [1.82, 2.24) is 0 Å². The molecule has 27 heavy (non-hydrogen) atoms. The van der Waals surface area contributed by atoms with Gasteiger partial charge in [0.1, 0.15) is 10.6 Å². The Morgan fingerprint density at radius 1 is 0.889 bits per heavy atom. The zero-order chi connectivity index (χ0) is 20.8. The predicted molar refractivity (Wildman–Crippen MR) is 93.1 cm³/mol. The van der Waals surface area contributed by atoms with E-state index in [2.05, 4.69) is 5.32 Å². The second-order valence-corrected chi connectivity index (χ2v) is 9.58. The number of nitro groups is 2. The Hall–Kier alpha value is -2.36. The molecule has 0 aliphatic heterocycles. The maximum Gasteiger partial charge on any atom is 0.299 e. The maximum atomic E-state index is 12.1. The maximum absolute atomic E-state index is 12.1. The van der Waals surface area contributed by atoms with E-state index >= 15 is 0 Å². The van der Waals surface area contributed by atoms with Crippen molar-refractivity contribution in [2.24, 2.45) is 0 Å². The van der Waals surface area contributed by atoms with Gasteiger partial charge in [0.25, 0.3) is 11.4 Å². The number of benzene rings is 1. The first-order valence-electron chi connectivity index (χ1n) is 7.31. The van der Waals surface area contributed by atoms with Crippen LogP contribution in [0.4, 0.5) is 17.1 Å². The lowest BCUT2D eigenvalue weighted by Gasteiger charge is -2.10. The molecule has 0 saturated heterocycles. The van der Waals surface area contributed by atoms with E-state index < -0.39 is 82.0 Å². The first-order chi connectivity index (χ1) is 12.4. The summed E-state index contributed by atoms with van der Waals surface area (Å²) in [6, 6.07) is 1.12. The Balaban J connectivity index is 3.37. The standard InChI is InChI=1S/C12H17N3O10S2/c16-2-5-26(22,23)4-1-13-9-7-12(27(24,25)6-3-17)11(15(20)21)8-10(9)14(18)19/h7-8,13,16-17H,1-6H2. The Morgan fingerprint density at radius 2 is 1.44 bits per heavy atom. The van der Waals surface area contributed by atoms with Crippen LogP contribution in [-0.4, -0.2) is 73.9 Å². The quantitative estimate of drug-likeness (QED) is 0.291. The summed E-state index contributed by atoms with van der Waals surface area (Å²) in [6.07, 6.45) is 0. The fourth-order valence-corrected chi connectivity index (χ4v) is 4.16. The van der Waals surface area contributed by atoms with Crippen LogP contribution in [0, 0.1) is 20.2 Å². The minimum absolute atomic E-state index is 0.361. The minimum atomic E-state index is -4.32. The van der Waals surface area contributed by atoms with Crippen molar-refractivity contribution in [3.05, 3.63) is 32.4 Å². The smallest absolute Gasteiger partial charge is 0.299 e. The zero-order valence-corrected chi connectivity index (χ0v) is 15.4. The molecule has 0 unspecified atom stereocenters. The number of nitrogens with one attached hydrogen (secondary N) is 1. The molecule has 0 atom stereocenters. The molecule has 0 aromatic heterocycles. The van der Waals surface area contributed by atoms with Crippen molar-refractivity contribution in [3.8, 4) is 0 Å². The predicted octanol–water partition coefficient (Wildman–Crippen LogP) is -0.912. The fourth-order valence-electron chi connectivity index (χ4n) is 2.05. The van der Waals surface area contributed by atoms with Gasteiger partial charge in [0.05, 0.1) is 46.4 Å². The largest absolute Gasteiger partial charge is 0.395 e. The Labute approximate surface area is 153 Å². The molecule has 0 saturated carbocycles. The molecule has 0 aliphatic rings. The monoisotopic (exact) mass is 427 g/mol. The summed E-state index contributed by atoms with van der Waals surface area (Å²) in [5.74, 6) is -1.87. The van der Waals surface area contributed by atoms with Gasteiger partial charge in [-0.15, -0.1) is 0 Å². The topological polar surface area (TPSA) is 207 Å². The molecule has 152 valence electrons. The molecule has 0 fully saturated rings. The highest BCUT2D eigenvalue weighted by Crippen LogP contribution is 2.35. The van der Waals surface area contributed by atoms with E-state index in [0.717, 1.165) is 0 Å². The molecule has 3 N–H and O–H groups in total. The summed E-state index contributed by atoms with van der Waals surface area (Å²) in [5.41, 5.74) is -2.28. The van der Waals surface area contributed by atoms with E-state index in [1.807, 2.05) is 0 Å². The lowest BCUT2D eigenvalue weighted by atomic mass is 10.2. The molecule has 13 nitrogen and oxygen atoms in total. The van der Waals surface area contributed by atoms with Crippen molar-refractivity contribution < 1.29 is 36.9 Å². The Kier molecular flexibility index (Phi) is 7.58. The number of hydrogen-bond donors (Lipinski definition) is 3. The van der Waals surface area contributed by atoms with Crippen molar-refractivity contribution in [3.63, 3.8) is 0 Å². The summed E-state index contributed by atoms with van der Waals surface area (Å²) >= 11 is 0. The lowest BCUT2D eigenvalue weighted by molar-refractivity contribution is -0.395. The molecular weight excluding hydrogens is 410 g/mol. The van der Waals surface area contributed by atoms with Gasteiger partial charge in [-0.3, -0.25) is 20.2 Å². The number of nitrogens with zero attached hydrogens (tertiary/aromatic N) is 2. The average molecular weight is 427 g/mol. The van der Waals surface area contributed by atoms with E-state index in [1.165, 1.54) is 0 Å². The van der Waals surface area contributed by atoms with E-state index in [-0.39, 0.29) is 6.54 Å². The van der Waals surface area contributed by atoms with Crippen LogP contribution < -0.4 is 5.32 Å². The third kappa shape index (κ3) is 6.09. The molecule has 1 rings (SSSR count). The highest BCUT2D eigenvalue weighted by molar-refractivity contribution is 7.91. The first-order valence-corrected chi connectivity index (χ1v) is 10.8. The van der Waals surface area contributed by atoms with Gasteiger partial charge >= 0.3 is 0 Å². The van der Waals surface area contributed by atoms with E-state index in [1.54, 1.807) is 0 Å². The SMILES string of the molecule is O=[N+]([O-])c1cc([N+](=O)[O-])c(S(=O)(=O)CCO)cc1NCCS(=O)(=O)CCO. The molecule has 1 aromatic carbocycles. The van der Waals surface area contributed by atoms with Gasteiger partial charge in [0.2, 0.25) is 0 Å². The van der Waals surface area contributed by atoms with Gasteiger partial charge in [-0.25, -0.2) is 16.8 Å². The lowest BCUT2D eigenvalue weighted by Crippen LogP contribution is -2.20. The number of aliphatic hydroxyl groups is 2. The number of hydrogen-bond acceptors (Lipinski definition) is 11. The number of sulfone groups is 2. The third-order valence-corrected chi connectivity index (χ3v) is 6.64. The van der Waals surface area contributed by atoms with Crippen molar-refractivity contribution in [2.45, 2.75) is 4.90 Å².